The molecule has 1 aliphatic carbocycles. The van der Waals surface area contributed by atoms with E-state index in [1.165, 1.54) is 19.3 Å². The number of benzene rings is 1. The van der Waals surface area contributed by atoms with Crippen molar-refractivity contribution in [2.24, 2.45) is 0 Å². The summed E-state index contributed by atoms with van der Waals surface area (Å²) in [5.74, 6) is 0. The number of halogens is 2. The Morgan fingerprint density at radius 2 is 1.56 bits per heavy atom. The summed E-state index contributed by atoms with van der Waals surface area (Å²) >= 11 is 11.8. The van der Waals surface area contributed by atoms with Crippen LogP contribution in [0.15, 0.2) is 18.2 Å². The van der Waals surface area contributed by atoms with Crippen LogP contribution in [-0.4, -0.2) is 42.1 Å². The second kappa shape index (κ2) is 9.51. The van der Waals surface area contributed by atoms with Gasteiger partial charge in [0.05, 0.1) is 10.0 Å². The van der Waals surface area contributed by atoms with Crippen molar-refractivity contribution < 1.29 is 9.59 Å². The van der Waals surface area contributed by atoms with E-state index < -0.39 is 0 Å². The lowest BCUT2D eigenvalue weighted by Crippen LogP contribution is -2.52. The Balaban J connectivity index is 1.40. The molecule has 2 fully saturated rings. The Kier molecular flexibility index (Phi) is 7.07. The number of amides is 4. The van der Waals surface area contributed by atoms with Crippen molar-refractivity contribution in [3.05, 3.63) is 28.2 Å². The van der Waals surface area contributed by atoms with Crippen molar-refractivity contribution in [2.75, 3.05) is 18.4 Å². The first kappa shape index (κ1) is 20.1. The highest BCUT2D eigenvalue weighted by Crippen LogP contribution is 2.25. The van der Waals surface area contributed by atoms with E-state index in [-0.39, 0.29) is 18.1 Å². The number of carbonyl (C=O) groups excluding carboxylic acids is 2. The molecule has 0 atom stereocenters. The van der Waals surface area contributed by atoms with E-state index in [0.29, 0.717) is 34.9 Å². The number of carbonyl (C=O) groups is 2. The molecule has 0 aromatic heterocycles. The van der Waals surface area contributed by atoms with Gasteiger partial charge in [-0.1, -0.05) is 42.5 Å². The summed E-state index contributed by atoms with van der Waals surface area (Å²) in [4.78, 5) is 26.4. The Hall–Kier alpha value is -1.66. The van der Waals surface area contributed by atoms with Gasteiger partial charge in [-0.05, 0) is 43.9 Å². The minimum atomic E-state index is -0.279. The van der Waals surface area contributed by atoms with Gasteiger partial charge in [-0.2, -0.15) is 0 Å². The summed E-state index contributed by atoms with van der Waals surface area (Å²) < 4.78 is 0. The van der Waals surface area contributed by atoms with Gasteiger partial charge in [-0.25, -0.2) is 9.59 Å². The molecular formula is C19H26Cl2N4O2. The van der Waals surface area contributed by atoms with Crippen molar-refractivity contribution in [3.8, 4) is 0 Å². The molecule has 2 aliphatic rings. The number of urea groups is 2. The monoisotopic (exact) mass is 412 g/mol. The maximum atomic E-state index is 12.4. The van der Waals surface area contributed by atoms with Crippen LogP contribution in [0.1, 0.15) is 44.9 Å². The molecule has 3 N–H and O–H groups in total. The summed E-state index contributed by atoms with van der Waals surface area (Å²) in [5, 5.41) is 9.71. The van der Waals surface area contributed by atoms with Gasteiger partial charge in [0.1, 0.15) is 0 Å². The lowest BCUT2D eigenvalue weighted by Gasteiger charge is -2.34. The fraction of sp³-hybridized carbons (Fsp3) is 0.579. The molecule has 0 bridgehead atoms. The molecule has 6 nitrogen and oxygen atoms in total. The highest BCUT2D eigenvalue weighted by molar-refractivity contribution is 6.42. The first-order valence-electron chi connectivity index (χ1n) is 9.59. The number of anilines is 1. The van der Waals surface area contributed by atoms with Crippen molar-refractivity contribution in [1.82, 2.24) is 15.5 Å². The fourth-order valence-corrected chi connectivity index (χ4v) is 3.96. The standard InChI is InChI=1S/C19H26Cl2N4O2/c20-16-7-6-15(12-17(16)21)23-18(26)22-14-8-10-25(11-9-14)19(27)24-13-4-2-1-3-5-13/h6-7,12-14H,1-5,8-11H2,(H,24,27)(H2,22,23,26). The molecule has 1 aromatic rings. The van der Waals surface area contributed by atoms with Crippen LogP contribution in [-0.2, 0) is 0 Å². The number of piperidine rings is 1. The number of nitrogens with one attached hydrogen (secondary N) is 3. The van der Waals surface area contributed by atoms with Gasteiger partial charge in [-0.15, -0.1) is 0 Å². The van der Waals surface area contributed by atoms with Gasteiger partial charge in [0, 0.05) is 30.9 Å². The Bertz CT molecular complexity index is 672. The Morgan fingerprint density at radius 1 is 0.889 bits per heavy atom. The van der Waals surface area contributed by atoms with Crippen LogP contribution in [0.3, 0.4) is 0 Å². The molecule has 8 heteroatoms. The van der Waals surface area contributed by atoms with E-state index in [2.05, 4.69) is 16.0 Å². The van der Waals surface area contributed by atoms with Gasteiger partial charge >= 0.3 is 12.1 Å². The second-order valence-corrected chi connectivity index (χ2v) is 8.09. The van der Waals surface area contributed by atoms with E-state index >= 15 is 0 Å². The van der Waals surface area contributed by atoms with Crippen LogP contribution in [0.2, 0.25) is 10.0 Å². The van der Waals surface area contributed by atoms with E-state index in [9.17, 15) is 9.59 Å². The van der Waals surface area contributed by atoms with E-state index in [0.717, 1.165) is 25.7 Å². The molecule has 1 saturated carbocycles. The van der Waals surface area contributed by atoms with Crippen LogP contribution >= 0.6 is 23.2 Å². The lowest BCUT2D eigenvalue weighted by atomic mass is 9.95. The number of hydrogen-bond acceptors (Lipinski definition) is 2. The van der Waals surface area contributed by atoms with Crippen LogP contribution in [0, 0.1) is 0 Å². The van der Waals surface area contributed by atoms with Gasteiger partial charge in [-0.3, -0.25) is 0 Å². The number of hydrogen-bond donors (Lipinski definition) is 3. The topological polar surface area (TPSA) is 73.5 Å². The van der Waals surface area contributed by atoms with Crippen molar-refractivity contribution in [2.45, 2.75) is 57.0 Å². The zero-order valence-corrected chi connectivity index (χ0v) is 16.8. The lowest BCUT2D eigenvalue weighted by molar-refractivity contribution is 0.170. The molecule has 1 heterocycles. The molecule has 27 heavy (non-hydrogen) atoms. The third-order valence-electron chi connectivity index (χ3n) is 5.23. The third-order valence-corrected chi connectivity index (χ3v) is 5.97. The van der Waals surface area contributed by atoms with Gasteiger partial charge in [0.2, 0.25) is 0 Å². The fourth-order valence-electron chi connectivity index (χ4n) is 3.67. The van der Waals surface area contributed by atoms with E-state index in [1.54, 1.807) is 18.2 Å². The SMILES string of the molecule is O=C(Nc1ccc(Cl)c(Cl)c1)NC1CCN(C(=O)NC2CCCCC2)CC1. The first-order valence-corrected chi connectivity index (χ1v) is 10.3. The van der Waals surface area contributed by atoms with E-state index in [4.69, 9.17) is 23.2 Å². The average molecular weight is 413 g/mol. The molecule has 1 saturated heterocycles. The molecule has 0 radical (unpaired) electrons. The van der Waals surface area contributed by atoms with E-state index in [1.807, 2.05) is 4.90 Å². The van der Waals surface area contributed by atoms with Gasteiger partial charge in [0.25, 0.3) is 0 Å². The normalized spacial score (nSPS) is 18.8. The number of likely N-dealkylation sites (tertiary alicyclic amines) is 1. The number of nitrogens with zero attached hydrogens (tertiary/aromatic N) is 1. The summed E-state index contributed by atoms with van der Waals surface area (Å²) in [6, 6.07) is 5.07. The quantitative estimate of drug-likeness (QED) is 0.677. The summed E-state index contributed by atoms with van der Waals surface area (Å²) in [5.41, 5.74) is 0.589. The summed E-state index contributed by atoms with van der Waals surface area (Å²) in [7, 11) is 0. The summed E-state index contributed by atoms with van der Waals surface area (Å²) in [6.07, 6.45) is 7.32. The molecule has 0 unspecified atom stereocenters. The largest absolute Gasteiger partial charge is 0.335 e. The predicted octanol–water partition coefficient (Wildman–Crippen LogP) is 4.62. The number of rotatable bonds is 3. The molecule has 4 amide bonds. The molecule has 148 valence electrons. The van der Waals surface area contributed by atoms with Crippen LogP contribution in [0.5, 0.6) is 0 Å². The second-order valence-electron chi connectivity index (χ2n) is 7.27. The first-order chi connectivity index (χ1) is 13.0. The molecular weight excluding hydrogens is 387 g/mol. The zero-order valence-electron chi connectivity index (χ0n) is 15.3. The maximum Gasteiger partial charge on any atom is 0.319 e. The molecule has 1 aromatic carbocycles. The predicted molar refractivity (Wildman–Crippen MR) is 109 cm³/mol. The van der Waals surface area contributed by atoms with Crippen LogP contribution in [0.25, 0.3) is 0 Å². The highest BCUT2D eigenvalue weighted by Gasteiger charge is 2.25. The Labute approximate surface area is 170 Å². The smallest absolute Gasteiger partial charge is 0.319 e. The van der Waals surface area contributed by atoms with Gasteiger partial charge in [0.15, 0.2) is 0 Å². The Morgan fingerprint density at radius 3 is 2.22 bits per heavy atom. The summed E-state index contributed by atoms with van der Waals surface area (Å²) in [6.45, 7) is 1.30. The van der Waals surface area contributed by atoms with Crippen molar-refractivity contribution in [1.29, 1.82) is 0 Å². The van der Waals surface area contributed by atoms with Crippen molar-refractivity contribution >= 4 is 41.0 Å². The minimum Gasteiger partial charge on any atom is -0.335 e. The molecule has 0 spiro atoms. The third kappa shape index (κ3) is 5.91. The average Bonchev–Trinajstić information content (AvgIpc) is 2.66. The minimum absolute atomic E-state index is 0.0283. The molecule has 3 rings (SSSR count). The van der Waals surface area contributed by atoms with Crippen LogP contribution in [0.4, 0.5) is 15.3 Å². The van der Waals surface area contributed by atoms with Crippen LogP contribution < -0.4 is 16.0 Å². The maximum absolute atomic E-state index is 12.4. The molecule has 1 aliphatic heterocycles. The van der Waals surface area contributed by atoms with Gasteiger partial charge < -0.3 is 20.9 Å². The zero-order chi connectivity index (χ0) is 19.2. The highest BCUT2D eigenvalue weighted by atomic mass is 35.5. The van der Waals surface area contributed by atoms with Crippen molar-refractivity contribution in [3.63, 3.8) is 0 Å².